The highest BCUT2D eigenvalue weighted by atomic mass is 16.6. The highest BCUT2D eigenvalue weighted by Crippen LogP contribution is 2.61. The van der Waals surface area contributed by atoms with Crippen LogP contribution in [0.15, 0.2) is 18.2 Å². The van der Waals surface area contributed by atoms with Gasteiger partial charge in [0.05, 0.1) is 4.92 Å². The lowest BCUT2D eigenvalue weighted by Crippen LogP contribution is -2.52. The van der Waals surface area contributed by atoms with Crippen LogP contribution in [0.2, 0.25) is 0 Å². The van der Waals surface area contributed by atoms with E-state index in [1.165, 1.54) is 51.4 Å². The molecule has 4 aliphatic carbocycles. The Balaban J connectivity index is 1.42. The lowest BCUT2D eigenvalue weighted by molar-refractivity contribution is -0.384. The number of nitrogens with zero attached hydrogens (tertiary/aromatic N) is 2. The Morgan fingerprint density at radius 1 is 1.11 bits per heavy atom. The summed E-state index contributed by atoms with van der Waals surface area (Å²) in [7, 11) is 0. The molecule has 146 valence electrons. The maximum atomic E-state index is 11.6. The van der Waals surface area contributed by atoms with Gasteiger partial charge in [-0.1, -0.05) is 0 Å². The van der Waals surface area contributed by atoms with E-state index in [0.717, 1.165) is 36.5 Å². The molecule has 27 heavy (non-hydrogen) atoms. The average molecular weight is 370 g/mol. The third-order valence-corrected chi connectivity index (χ3v) is 8.02. The summed E-state index contributed by atoms with van der Waals surface area (Å²) in [6.45, 7) is 4.39. The number of benzene rings is 1. The summed E-state index contributed by atoms with van der Waals surface area (Å²) < 4.78 is 0. The summed E-state index contributed by atoms with van der Waals surface area (Å²) in [5.74, 6) is 2.68. The van der Waals surface area contributed by atoms with Gasteiger partial charge < -0.3 is 10.2 Å². The molecule has 4 saturated carbocycles. The van der Waals surface area contributed by atoms with Crippen LogP contribution in [0.25, 0.3) is 0 Å². The molecule has 0 aromatic heterocycles. The van der Waals surface area contributed by atoms with E-state index in [1.807, 2.05) is 12.1 Å². The van der Waals surface area contributed by atoms with Crippen LogP contribution in [0.3, 0.4) is 0 Å². The SMILES string of the molecule is C[C@H](Nc1cc(N2CCCC2)ccc1[N+](=O)[O-])C12CC3CC(CC(C3)C1)C2. The second-order valence-electron chi connectivity index (χ2n) is 9.80. The van der Waals surface area contributed by atoms with Crippen molar-refractivity contribution in [1.82, 2.24) is 0 Å². The Kier molecular flexibility index (Phi) is 4.10. The lowest BCUT2D eigenvalue weighted by atomic mass is 9.48. The Morgan fingerprint density at radius 3 is 2.26 bits per heavy atom. The first-order chi connectivity index (χ1) is 13.0. The number of nitro benzene ring substituents is 1. The van der Waals surface area contributed by atoms with Gasteiger partial charge in [-0.3, -0.25) is 10.1 Å². The van der Waals surface area contributed by atoms with Crippen LogP contribution in [0.5, 0.6) is 0 Å². The molecule has 1 aromatic carbocycles. The molecule has 1 N–H and O–H groups in total. The summed E-state index contributed by atoms with van der Waals surface area (Å²) in [4.78, 5) is 13.8. The molecule has 1 saturated heterocycles. The zero-order valence-corrected chi connectivity index (χ0v) is 16.3. The largest absolute Gasteiger partial charge is 0.376 e. The molecule has 5 fully saturated rings. The smallest absolute Gasteiger partial charge is 0.292 e. The molecule has 1 heterocycles. The van der Waals surface area contributed by atoms with Gasteiger partial charge in [-0.2, -0.15) is 0 Å². The van der Waals surface area contributed by atoms with Gasteiger partial charge in [0.25, 0.3) is 5.69 Å². The van der Waals surface area contributed by atoms with Gasteiger partial charge in [0.15, 0.2) is 0 Å². The first kappa shape index (κ1) is 17.3. The Hall–Kier alpha value is -1.78. The molecular weight excluding hydrogens is 338 g/mol. The van der Waals surface area contributed by atoms with E-state index in [-0.39, 0.29) is 10.6 Å². The van der Waals surface area contributed by atoms with Gasteiger partial charge in [-0.05, 0) is 93.6 Å². The predicted octanol–water partition coefficient (Wildman–Crippen LogP) is 5.21. The molecule has 1 atom stereocenters. The molecule has 1 aliphatic heterocycles. The summed E-state index contributed by atoms with van der Waals surface area (Å²) >= 11 is 0. The van der Waals surface area contributed by atoms with Crippen LogP contribution in [-0.4, -0.2) is 24.1 Å². The fourth-order valence-electron chi connectivity index (χ4n) is 7.07. The summed E-state index contributed by atoms with van der Waals surface area (Å²) in [5, 5.41) is 15.3. The number of nitro groups is 1. The third-order valence-electron chi connectivity index (χ3n) is 8.02. The van der Waals surface area contributed by atoms with Gasteiger partial charge >= 0.3 is 0 Å². The summed E-state index contributed by atoms with van der Waals surface area (Å²) in [6, 6.07) is 5.94. The van der Waals surface area contributed by atoms with E-state index in [1.54, 1.807) is 6.07 Å². The van der Waals surface area contributed by atoms with Crippen molar-refractivity contribution in [3.8, 4) is 0 Å². The molecule has 0 amide bonds. The zero-order chi connectivity index (χ0) is 18.6. The third kappa shape index (κ3) is 2.99. The fraction of sp³-hybridized carbons (Fsp3) is 0.727. The first-order valence-corrected chi connectivity index (χ1v) is 10.8. The van der Waals surface area contributed by atoms with E-state index in [4.69, 9.17) is 0 Å². The second-order valence-corrected chi connectivity index (χ2v) is 9.80. The molecule has 0 radical (unpaired) electrons. The molecule has 0 unspecified atom stereocenters. The molecule has 5 heteroatoms. The van der Waals surface area contributed by atoms with E-state index >= 15 is 0 Å². The van der Waals surface area contributed by atoms with Gasteiger partial charge in [0.2, 0.25) is 0 Å². The van der Waals surface area contributed by atoms with Gasteiger partial charge in [0.1, 0.15) is 5.69 Å². The molecule has 4 bridgehead atoms. The number of hydrogen-bond acceptors (Lipinski definition) is 4. The van der Waals surface area contributed by atoms with Gasteiger partial charge in [0, 0.05) is 30.9 Å². The highest BCUT2D eigenvalue weighted by Gasteiger charge is 2.53. The predicted molar refractivity (Wildman–Crippen MR) is 108 cm³/mol. The maximum Gasteiger partial charge on any atom is 0.292 e. The van der Waals surface area contributed by atoms with Crippen LogP contribution in [0.4, 0.5) is 17.1 Å². The topological polar surface area (TPSA) is 58.4 Å². The average Bonchev–Trinajstić information content (AvgIpc) is 3.15. The van der Waals surface area contributed by atoms with Crippen molar-refractivity contribution in [2.75, 3.05) is 23.3 Å². The van der Waals surface area contributed by atoms with Crippen LogP contribution >= 0.6 is 0 Å². The summed E-state index contributed by atoms with van der Waals surface area (Å²) in [5.41, 5.74) is 2.40. The van der Waals surface area contributed by atoms with Gasteiger partial charge in [-0.25, -0.2) is 0 Å². The van der Waals surface area contributed by atoms with Crippen LogP contribution in [-0.2, 0) is 0 Å². The molecule has 5 nitrogen and oxygen atoms in total. The minimum absolute atomic E-state index is 0.217. The minimum Gasteiger partial charge on any atom is -0.376 e. The van der Waals surface area contributed by atoms with Crippen LogP contribution in [0.1, 0.15) is 58.3 Å². The normalized spacial score (nSPS) is 35.4. The summed E-state index contributed by atoms with van der Waals surface area (Å²) in [6.07, 6.45) is 10.6. The van der Waals surface area contributed by atoms with E-state index < -0.39 is 0 Å². The lowest BCUT2D eigenvalue weighted by Gasteiger charge is -2.59. The number of hydrogen-bond donors (Lipinski definition) is 1. The standard InChI is InChI=1S/C22H31N3O2/c1-15(22-12-16-8-17(13-22)10-18(9-16)14-22)23-20-11-19(24-6-2-3-7-24)4-5-21(20)25(26)27/h4-5,11,15-18,23H,2-3,6-10,12-14H2,1H3/t15-,16?,17?,18?,22?/m0/s1. The van der Waals surface area contributed by atoms with Crippen molar-refractivity contribution in [1.29, 1.82) is 0 Å². The van der Waals surface area contributed by atoms with E-state index in [0.29, 0.717) is 17.1 Å². The van der Waals surface area contributed by atoms with Crippen molar-refractivity contribution >= 4 is 17.1 Å². The Morgan fingerprint density at radius 2 is 1.70 bits per heavy atom. The maximum absolute atomic E-state index is 11.6. The second kappa shape index (κ2) is 6.39. The van der Waals surface area contributed by atoms with Gasteiger partial charge in [-0.15, -0.1) is 0 Å². The Bertz CT molecular complexity index is 706. The van der Waals surface area contributed by atoms with E-state index in [9.17, 15) is 10.1 Å². The van der Waals surface area contributed by atoms with Crippen molar-refractivity contribution in [3.05, 3.63) is 28.3 Å². The van der Waals surface area contributed by atoms with Crippen molar-refractivity contribution in [3.63, 3.8) is 0 Å². The highest BCUT2D eigenvalue weighted by molar-refractivity contribution is 5.69. The van der Waals surface area contributed by atoms with Crippen molar-refractivity contribution in [2.24, 2.45) is 23.2 Å². The molecule has 1 aromatic rings. The molecular formula is C22H31N3O2. The van der Waals surface area contributed by atoms with E-state index in [2.05, 4.69) is 17.1 Å². The van der Waals surface area contributed by atoms with Crippen molar-refractivity contribution in [2.45, 2.75) is 64.3 Å². The van der Waals surface area contributed by atoms with Crippen molar-refractivity contribution < 1.29 is 4.92 Å². The molecule has 6 rings (SSSR count). The van der Waals surface area contributed by atoms with Crippen LogP contribution < -0.4 is 10.2 Å². The molecule has 0 spiro atoms. The first-order valence-electron chi connectivity index (χ1n) is 10.8. The quantitative estimate of drug-likeness (QED) is 0.571. The Labute approximate surface area is 161 Å². The fourth-order valence-corrected chi connectivity index (χ4v) is 7.07. The number of rotatable bonds is 5. The van der Waals surface area contributed by atoms with Crippen LogP contribution in [0, 0.1) is 33.3 Å². The minimum atomic E-state index is -0.234. The zero-order valence-electron chi connectivity index (χ0n) is 16.3. The monoisotopic (exact) mass is 369 g/mol. The number of nitrogens with one attached hydrogen (secondary N) is 1. The molecule has 5 aliphatic rings. The number of anilines is 2.